The molecule has 28 heavy (non-hydrogen) atoms. The van der Waals surface area contributed by atoms with Crippen LogP contribution in [0.1, 0.15) is 49.8 Å². The lowest BCUT2D eigenvalue weighted by Crippen LogP contribution is -2.44. The summed E-state index contributed by atoms with van der Waals surface area (Å²) in [4.78, 5) is 15.4. The summed E-state index contributed by atoms with van der Waals surface area (Å²) in [7, 11) is 0. The fraction of sp³-hybridized carbons (Fsp3) is 0.391. The van der Waals surface area contributed by atoms with Gasteiger partial charge < -0.3 is 0 Å². The summed E-state index contributed by atoms with van der Waals surface area (Å²) >= 11 is 0. The maximum Gasteiger partial charge on any atom is 0.257 e. The largest absolute Gasteiger partial charge is 0.292 e. The van der Waals surface area contributed by atoms with Crippen LogP contribution in [0, 0.1) is 5.82 Å². The summed E-state index contributed by atoms with van der Waals surface area (Å²) in [5, 5.41) is 6.33. The second kappa shape index (κ2) is 8.23. The van der Waals surface area contributed by atoms with Crippen molar-refractivity contribution < 1.29 is 9.18 Å². The van der Waals surface area contributed by atoms with Crippen molar-refractivity contribution in [2.24, 2.45) is 5.10 Å². The summed E-state index contributed by atoms with van der Waals surface area (Å²) in [6.45, 7) is 3.52. The first kappa shape index (κ1) is 18.8. The van der Waals surface area contributed by atoms with Gasteiger partial charge in [0.25, 0.3) is 5.91 Å². The number of rotatable bonds is 4. The van der Waals surface area contributed by atoms with Gasteiger partial charge in [0.2, 0.25) is 0 Å². The summed E-state index contributed by atoms with van der Waals surface area (Å²) in [5.74, 6) is -0.264. The van der Waals surface area contributed by atoms with Gasteiger partial charge in [-0.2, -0.15) is 5.10 Å². The molecular weight excluding hydrogens is 353 g/mol. The fourth-order valence-corrected chi connectivity index (χ4v) is 4.13. The maximum absolute atomic E-state index is 13.4. The number of hydrazone groups is 1. The van der Waals surface area contributed by atoms with Crippen molar-refractivity contribution in [3.05, 3.63) is 71.5 Å². The molecule has 0 unspecified atom stereocenters. The van der Waals surface area contributed by atoms with E-state index in [4.69, 9.17) is 5.10 Å². The molecule has 0 bridgehead atoms. The zero-order chi connectivity index (χ0) is 19.5. The molecule has 4 rings (SSSR count). The van der Waals surface area contributed by atoms with Crippen molar-refractivity contribution in [1.82, 2.24) is 9.91 Å². The Balaban J connectivity index is 1.60. The maximum atomic E-state index is 13.4. The van der Waals surface area contributed by atoms with E-state index in [2.05, 4.69) is 11.8 Å². The van der Waals surface area contributed by atoms with Gasteiger partial charge in [-0.25, -0.2) is 9.40 Å². The minimum atomic E-state index is -0.272. The van der Waals surface area contributed by atoms with E-state index in [-0.39, 0.29) is 17.8 Å². The monoisotopic (exact) mass is 379 g/mol. The van der Waals surface area contributed by atoms with E-state index >= 15 is 0 Å². The molecule has 2 atom stereocenters. The smallest absolute Gasteiger partial charge is 0.257 e. The highest BCUT2D eigenvalue weighted by Crippen LogP contribution is 2.33. The Morgan fingerprint density at radius 3 is 2.57 bits per heavy atom. The Morgan fingerprint density at radius 2 is 1.86 bits per heavy atom. The first-order valence-corrected chi connectivity index (χ1v) is 10.1. The van der Waals surface area contributed by atoms with Gasteiger partial charge >= 0.3 is 0 Å². The van der Waals surface area contributed by atoms with Crippen molar-refractivity contribution in [2.75, 3.05) is 13.1 Å². The number of nitrogens with zero attached hydrogens (tertiary/aromatic N) is 3. The molecule has 2 aromatic carbocycles. The predicted molar refractivity (Wildman–Crippen MR) is 108 cm³/mol. The summed E-state index contributed by atoms with van der Waals surface area (Å²) in [6.07, 6.45) is 4.13. The van der Waals surface area contributed by atoms with E-state index in [0.29, 0.717) is 19.0 Å². The van der Waals surface area contributed by atoms with Crippen LogP contribution in [0.25, 0.3) is 0 Å². The van der Waals surface area contributed by atoms with Crippen molar-refractivity contribution >= 4 is 11.6 Å². The number of piperidine rings is 1. The first-order chi connectivity index (χ1) is 13.6. The molecule has 1 fully saturated rings. The Kier molecular flexibility index (Phi) is 5.53. The molecule has 1 saturated heterocycles. The zero-order valence-electron chi connectivity index (χ0n) is 16.2. The lowest BCUT2D eigenvalue weighted by atomic mass is 9.98. The molecule has 2 aliphatic heterocycles. The van der Waals surface area contributed by atoms with Crippen LogP contribution in [0.3, 0.4) is 0 Å². The third kappa shape index (κ3) is 3.99. The third-order valence-corrected chi connectivity index (χ3v) is 5.81. The van der Waals surface area contributed by atoms with Gasteiger partial charge in [-0.05, 0) is 49.6 Å². The highest BCUT2D eigenvalue weighted by atomic mass is 19.1. The van der Waals surface area contributed by atoms with Gasteiger partial charge in [-0.3, -0.25) is 9.69 Å². The number of hydrogen-bond donors (Lipinski definition) is 0. The second-order valence-electron chi connectivity index (χ2n) is 7.74. The van der Waals surface area contributed by atoms with E-state index in [0.717, 1.165) is 36.2 Å². The summed E-state index contributed by atoms with van der Waals surface area (Å²) < 4.78 is 13.4. The Morgan fingerprint density at radius 1 is 1.11 bits per heavy atom. The quantitative estimate of drug-likeness (QED) is 0.790. The topological polar surface area (TPSA) is 35.9 Å². The molecule has 5 heteroatoms. The molecular formula is C23H26FN3O. The van der Waals surface area contributed by atoms with E-state index in [9.17, 15) is 9.18 Å². The molecule has 0 aromatic heterocycles. The molecule has 146 valence electrons. The van der Waals surface area contributed by atoms with Gasteiger partial charge in [0, 0.05) is 12.5 Å². The number of benzene rings is 2. The summed E-state index contributed by atoms with van der Waals surface area (Å²) in [5.41, 5.74) is 2.84. The van der Waals surface area contributed by atoms with Gasteiger partial charge in [0.1, 0.15) is 5.82 Å². The molecule has 4 nitrogen and oxygen atoms in total. The van der Waals surface area contributed by atoms with Crippen LogP contribution < -0.4 is 0 Å². The minimum absolute atomic E-state index is 0.00834. The van der Waals surface area contributed by atoms with E-state index < -0.39 is 0 Å². The fourth-order valence-electron chi connectivity index (χ4n) is 4.13. The highest BCUT2D eigenvalue weighted by Gasteiger charge is 2.34. The van der Waals surface area contributed by atoms with Crippen LogP contribution in [-0.4, -0.2) is 40.7 Å². The highest BCUT2D eigenvalue weighted by molar-refractivity contribution is 6.03. The van der Waals surface area contributed by atoms with Crippen LogP contribution in [0.5, 0.6) is 0 Å². The van der Waals surface area contributed by atoms with E-state index in [1.165, 1.54) is 18.6 Å². The normalized spacial score (nSPS) is 22.9. The first-order valence-electron chi connectivity index (χ1n) is 10.1. The second-order valence-corrected chi connectivity index (χ2v) is 7.74. The molecule has 0 spiro atoms. The van der Waals surface area contributed by atoms with E-state index in [1.54, 1.807) is 17.1 Å². The average Bonchev–Trinajstić information content (AvgIpc) is 3.16. The Labute approximate surface area is 165 Å². The molecule has 0 saturated carbocycles. The molecule has 0 N–H and O–H groups in total. The minimum Gasteiger partial charge on any atom is -0.292 e. The van der Waals surface area contributed by atoms with Gasteiger partial charge in [-0.1, -0.05) is 48.9 Å². The predicted octanol–water partition coefficient (Wildman–Crippen LogP) is 4.38. The number of hydrogen-bond acceptors (Lipinski definition) is 3. The lowest BCUT2D eigenvalue weighted by Gasteiger charge is -2.34. The molecule has 1 amide bonds. The van der Waals surface area contributed by atoms with Crippen molar-refractivity contribution in [2.45, 2.75) is 44.7 Å². The van der Waals surface area contributed by atoms with Gasteiger partial charge in [-0.15, -0.1) is 0 Å². The Hall–Kier alpha value is -2.53. The molecule has 0 aliphatic carbocycles. The Bertz CT molecular complexity index is 850. The van der Waals surface area contributed by atoms with Crippen LogP contribution in [0.2, 0.25) is 0 Å². The number of likely N-dealkylation sites (tertiary alicyclic amines) is 1. The third-order valence-electron chi connectivity index (χ3n) is 5.81. The van der Waals surface area contributed by atoms with E-state index in [1.807, 2.05) is 30.3 Å². The number of halogens is 1. The van der Waals surface area contributed by atoms with Crippen molar-refractivity contribution in [3.63, 3.8) is 0 Å². The average molecular weight is 379 g/mol. The van der Waals surface area contributed by atoms with Crippen molar-refractivity contribution in [3.8, 4) is 0 Å². The zero-order valence-corrected chi connectivity index (χ0v) is 16.2. The SMILES string of the molecule is C[C@@H]1CCCCN1CC(=O)N1N=C(c2ccccc2)C[C@@H]1c1ccc(F)cc1. The van der Waals surface area contributed by atoms with Crippen LogP contribution in [0.4, 0.5) is 4.39 Å². The van der Waals surface area contributed by atoms with Gasteiger partial charge in [0.05, 0.1) is 18.3 Å². The van der Waals surface area contributed by atoms with Crippen molar-refractivity contribution in [1.29, 1.82) is 0 Å². The van der Waals surface area contributed by atoms with Gasteiger partial charge in [0.15, 0.2) is 0 Å². The summed E-state index contributed by atoms with van der Waals surface area (Å²) in [6, 6.07) is 16.6. The number of amides is 1. The lowest BCUT2D eigenvalue weighted by molar-refractivity contribution is -0.135. The number of carbonyl (C=O) groups excluding carboxylic acids is 1. The standard InChI is InChI=1S/C23H26FN3O/c1-17-7-5-6-14-26(17)16-23(28)27-22(19-10-12-20(24)13-11-19)15-21(25-27)18-8-3-2-4-9-18/h2-4,8-13,17,22H,5-7,14-16H2,1H3/t17-,22-/m1/s1. The molecule has 2 aliphatic rings. The number of carbonyl (C=O) groups is 1. The molecule has 2 heterocycles. The van der Waals surface area contributed by atoms with Crippen LogP contribution >= 0.6 is 0 Å². The molecule has 2 aromatic rings. The molecule has 0 radical (unpaired) electrons. The van der Waals surface area contributed by atoms with Crippen LogP contribution in [-0.2, 0) is 4.79 Å². The van der Waals surface area contributed by atoms with Crippen LogP contribution in [0.15, 0.2) is 59.7 Å².